The van der Waals surface area contributed by atoms with Crippen LogP contribution in [0.2, 0.25) is 0 Å². The van der Waals surface area contributed by atoms with Crippen LogP contribution in [-0.4, -0.2) is 24.6 Å². The average Bonchev–Trinajstić information content (AvgIpc) is 2.61. The molecule has 0 bridgehead atoms. The van der Waals surface area contributed by atoms with E-state index < -0.39 is 11.6 Å². The molecule has 1 aliphatic rings. The number of rotatable bonds is 6. The Hall–Kier alpha value is -2.36. The number of methoxy groups -OCH3 is 1. The molecule has 4 heteroatoms. The van der Waals surface area contributed by atoms with Gasteiger partial charge in [-0.1, -0.05) is 55.5 Å². The Bertz CT molecular complexity index is 700. The fourth-order valence-electron chi connectivity index (χ4n) is 3.40. The van der Waals surface area contributed by atoms with Gasteiger partial charge in [0.15, 0.2) is 0 Å². The highest BCUT2D eigenvalue weighted by molar-refractivity contribution is 5.89. The van der Waals surface area contributed by atoms with Gasteiger partial charge < -0.3 is 9.47 Å². The van der Waals surface area contributed by atoms with Crippen LogP contribution in [0.5, 0.6) is 0 Å². The highest BCUT2D eigenvalue weighted by atomic mass is 16.6. The van der Waals surface area contributed by atoms with E-state index in [0.717, 1.165) is 12.8 Å². The summed E-state index contributed by atoms with van der Waals surface area (Å²) in [4.78, 5) is 24.1. The molecule has 0 heterocycles. The van der Waals surface area contributed by atoms with Crippen LogP contribution in [0.4, 0.5) is 0 Å². The van der Waals surface area contributed by atoms with Crippen LogP contribution >= 0.6 is 0 Å². The van der Waals surface area contributed by atoms with Crippen LogP contribution in [0.15, 0.2) is 54.1 Å². The Balaban J connectivity index is 2.01. The Morgan fingerprint density at radius 1 is 1.22 bits per heavy atom. The maximum absolute atomic E-state index is 12.6. The number of carbonyl (C=O) groups excluding carboxylic acids is 2. The number of benzene rings is 1. The molecule has 0 N–H and O–H groups in total. The second-order valence-corrected chi connectivity index (χ2v) is 7.76. The van der Waals surface area contributed by atoms with E-state index in [1.54, 1.807) is 13.8 Å². The summed E-state index contributed by atoms with van der Waals surface area (Å²) in [6.07, 6.45) is 8.50. The van der Waals surface area contributed by atoms with Gasteiger partial charge in [-0.2, -0.15) is 0 Å². The van der Waals surface area contributed by atoms with Crippen molar-refractivity contribution in [1.29, 1.82) is 0 Å². The molecule has 4 nitrogen and oxygen atoms in total. The summed E-state index contributed by atoms with van der Waals surface area (Å²) in [7, 11) is 1.33. The lowest BCUT2D eigenvalue weighted by Crippen LogP contribution is -2.32. The van der Waals surface area contributed by atoms with Gasteiger partial charge in [-0.15, -0.1) is 0 Å². The molecular weight excluding hydrogens is 340 g/mol. The lowest BCUT2D eigenvalue weighted by atomic mass is 9.81. The summed E-state index contributed by atoms with van der Waals surface area (Å²) in [6.45, 7) is 5.69. The van der Waals surface area contributed by atoms with Crippen molar-refractivity contribution in [3.05, 3.63) is 59.7 Å². The molecule has 2 rings (SSSR count). The van der Waals surface area contributed by atoms with E-state index in [2.05, 4.69) is 42.0 Å². The number of hydrogen-bond donors (Lipinski definition) is 0. The normalized spacial score (nSPS) is 18.7. The van der Waals surface area contributed by atoms with E-state index >= 15 is 0 Å². The summed E-state index contributed by atoms with van der Waals surface area (Å²) >= 11 is 0. The van der Waals surface area contributed by atoms with Gasteiger partial charge in [-0.3, -0.25) is 4.79 Å². The van der Waals surface area contributed by atoms with Crippen molar-refractivity contribution in [2.45, 2.75) is 58.0 Å². The van der Waals surface area contributed by atoms with Crippen molar-refractivity contribution in [3.8, 4) is 0 Å². The Labute approximate surface area is 162 Å². The monoisotopic (exact) mass is 370 g/mol. The quantitative estimate of drug-likeness (QED) is 0.664. The molecule has 0 saturated carbocycles. The first-order valence-corrected chi connectivity index (χ1v) is 9.53. The predicted molar refractivity (Wildman–Crippen MR) is 106 cm³/mol. The van der Waals surface area contributed by atoms with Gasteiger partial charge in [0.2, 0.25) is 0 Å². The molecule has 27 heavy (non-hydrogen) atoms. The fourth-order valence-corrected chi connectivity index (χ4v) is 3.40. The smallest absolute Gasteiger partial charge is 0.334 e. The maximum Gasteiger partial charge on any atom is 0.334 e. The molecule has 2 unspecified atom stereocenters. The molecular formula is C23H30O4. The second kappa shape index (κ2) is 9.54. The molecule has 1 aromatic rings. The molecule has 0 amide bonds. The van der Waals surface area contributed by atoms with Crippen LogP contribution in [0.1, 0.15) is 57.9 Å². The minimum atomic E-state index is -0.895. The SMILES string of the molecule is COC(=O)CC(C)(C)OC(=O)C1=CC=CCC(C(C)c2ccccc2)CC1. The van der Waals surface area contributed by atoms with Crippen LogP contribution < -0.4 is 0 Å². The van der Waals surface area contributed by atoms with E-state index in [9.17, 15) is 9.59 Å². The molecule has 146 valence electrons. The van der Waals surface area contributed by atoms with Crippen LogP contribution in [0, 0.1) is 5.92 Å². The van der Waals surface area contributed by atoms with Crippen molar-refractivity contribution in [2.75, 3.05) is 7.11 Å². The summed E-state index contributed by atoms with van der Waals surface area (Å²) < 4.78 is 10.3. The molecule has 0 saturated heterocycles. The molecule has 1 aliphatic carbocycles. The third kappa shape index (κ3) is 6.38. The zero-order valence-corrected chi connectivity index (χ0v) is 16.7. The molecule has 0 fully saturated rings. The van der Waals surface area contributed by atoms with Crippen LogP contribution in [0.25, 0.3) is 0 Å². The number of ether oxygens (including phenoxy) is 2. The van der Waals surface area contributed by atoms with Crippen molar-refractivity contribution < 1.29 is 19.1 Å². The zero-order chi connectivity index (χ0) is 19.9. The molecule has 0 aromatic heterocycles. The number of hydrogen-bond acceptors (Lipinski definition) is 4. The van der Waals surface area contributed by atoms with E-state index in [-0.39, 0.29) is 12.4 Å². The Kier molecular flexibility index (Phi) is 7.40. The number of esters is 2. The van der Waals surface area contributed by atoms with Gasteiger partial charge in [0.25, 0.3) is 0 Å². The van der Waals surface area contributed by atoms with Gasteiger partial charge in [0.1, 0.15) is 5.60 Å². The Morgan fingerprint density at radius 3 is 2.59 bits per heavy atom. The summed E-state index contributed by atoms with van der Waals surface area (Å²) in [5, 5.41) is 0. The molecule has 1 aromatic carbocycles. The third-order valence-electron chi connectivity index (χ3n) is 5.12. The summed E-state index contributed by atoms with van der Waals surface area (Å²) in [6, 6.07) is 10.5. The zero-order valence-electron chi connectivity index (χ0n) is 16.7. The first-order chi connectivity index (χ1) is 12.8. The third-order valence-corrected chi connectivity index (χ3v) is 5.12. The lowest BCUT2D eigenvalue weighted by molar-refractivity contribution is -0.158. The maximum atomic E-state index is 12.6. The van der Waals surface area contributed by atoms with E-state index in [0.29, 0.717) is 23.8 Å². The molecule has 0 aliphatic heterocycles. The first-order valence-electron chi connectivity index (χ1n) is 9.53. The van der Waals surface area contributed by atoms with Gasteiger partial charge in [-0.05, 0) is 50.5 Å². The highest BCUT2D eigenvalue weighted by Crippen LogP contribution is 2.33. The van der Waals surface area contributed by atoms with E-state index in [1.165, 1.54) is 12.7 Å². The van der Waals surface area contributed by atoms with Crippen molar-refractivity contribution in [1.82, 2.24) is 0 Å². The average molecular weight is 370 g/mol. The van der Waals surface area contributed by atoms with Gasteiger partial charge in [0.05, 0.1) is 13.5 Å². The van der Waals surface area contributed by atoms with Gasteiger partial charge in [-0.25, -0.2) is 4.79 Å². The van der Waals surface area contributed by atoms with Gasteiger partial charge in [0, 0.05) is 5.57 Å². The highest BCUT2D eigenvalue weighted by Gasteiger charge is 2.29. The minimum Gasteiger partial charge on any atom is -0.469 e. The van der Waals surface area contributed by atoms with Crippen LogP contribution in [0.3, 0.4) is 0 Å². The summed E-state index contributed by atoms with van der Waals surface area (Å²) in [5.41, 5.74) is 1.08. The van der Waals surface area contributed by atoms with Gasteiger partial charge >= 0.3 is 11.9 Å². The molecule has 2 atom stereocenters. The molecule has 0 spiro atoms. The largest absolute Gasteiger partial charge is 0.469 e. The first kappa shape index (κ1) is 20.9. The Morgan fingerprint density at radius 2 is 1.93 bits per heavy atom. The second-order valence-electron chi connectivity index (χ2n) is 7.76. The fraction of sp³-hybridized carbons (Fsp3) is 0.478. The van der Waals surface area contributed by atoms with Crippen molar-refractivity contribution >= 4 is 11.9 Å². The van der Waals surface area contributed by atoms with Crippen LogP contribution in [-0.2, 0) is 19.1 Å². The van der Waals surface area contributed by atoms with Crippen molar-refractivity contribution in [3.63, 3.8) is 0 Å². The van der Waals surface area contributed by atoms with Crippen molar-refractivity contribution in [2.24, 2.45) is 5.92 Å². The molecule has 0 radical (unpaired) electrons. The lowest BCUT2D eigenvalue weighted by Gasteiger charge is -2.27. The number of allylic oxidation sites excluding steroid dienone is 3. The standard InChI is InChI=1S/C23H30O4/c1-17(18-10-6-5-7-11-18)19-12-8-9-13-20(15-14-19)22(25)27-23(2,3)16-21(24)26-4/h5-11,13,17,19H,12,14-16H2,1-4H3. The topological polar surface area (TPSA) is 52.6 Å². The van der Waals surface area contributed by atoms with E-state index in [4.69, 9.17) is 4.74 Å². The summed E-state index contributed by atoms with van der Waals surface area (Å²) in [5.74, 6) is 0.128. The predicted octanol–water partition coefficient (Wildman–Crippen LogP) is 4.96. The van der Waals surface area contributed by atoms with E-state index in [1.807, 2.05) is 18.2 Å². The number of carbonyl (C=O) groups is 2. The minimum absolute atomic E-state index is 0.0338.